The summed E-state index contributed by atoms with van der Waals surface area (Å²) in [5, 5.41) is 0. The third-order valence-electron chi connectivity index (χ3n) is 3.06. The molecule has 0 unspecified atom stereocenters. The first kappa shape index (κ1) is 14.7. The van der Waals surface area contributed by atoms with Crippen LogP contribution in [-0.2, 0) is 16.0 Å². The zero-order valence-electron chi connectivity index (χ0n) is 11.7. The maximum absolute atomic E-state index is 11.9. The molecule has 0 spiro atoms. The quantitative estimate of drug-likeness (QED) is 0.685. The van der Waals surface area contributed by atoms with E-state index in [2.05, 4.69) is 26.0 Å². The van der Waals surface area contributed by atoms with Crippen molar-refractivity contribution in [3.63, 3.8) is 0 Å². The van der Waals surface area contributed by atoms with Gasteiger partial charge in [0, 0.05) is 6.42 Å². The van der Waals surface area contributed by atoms with Gasteiger partial charge in [-0.3, -0.25) is 4.79 Å². The number of esters is 1. The van der Waals surface area contributed by atoms with Crippen molar-refractivity contribution >= 4 is 5.97 Å². The van der Waals surface area contributed by atoms with Gasteiger partial charge in [-0.2, -0.15) is 0 Å². The fraction of sp³-hybridized carbons (Fsp3) is 0.562. The lowest BCUT2D eigenvalue weighted by atomic mass is 9.95. The van der Waals surface area contributed by atoms with Gasteiger partial charge < -0.3 is 4.74 Å². The van der Waals surface area contributed by atoms with E-state index in [1.165, 1.54) is 5.56 Å². The fourth-order valence-corrected chi connectivity index (χ4v) is 2.03. The molecule has 0 amide bonds. The molecule has 0 radical (unpaired) electrons. The van der Waals surface area contributed by atoms with Crippen molar-refractivity contribution in [3.05, 3.63) is 35.9 Å². The predicted octanol–water partition coefficient (Wildman–Crippen LogP) is 3.84. The van der Waals surface area contributed by atoms with E-state index in [-0.39, 0.29) is 11.9 Å². The molecule has 0 bridgehead atoms. The van der Waals surface area contributed by atoms with Crippen LogP contribution in [0.4, 0.5) is 0 Å². The minimum atomic E-state index is -0.0397. The van der Waals surface area contributed by atoms with E-state index in [1.807, 2.05) is 25.1 Å². The Hall–Kier alpha value is -1.31. The van der Waals surface area contributed by atoms with Crippen LogP contribution in [0.25, 0.3) is 0 Å². The van der Waals surface area contributed by atoms with Crippen molar-refractivity contribution in [2.75, 3.05) is 6.61 Å². The number of rotatable bonds is 7. The molecule has 100 valence electrons. The van der Waals surface area contributed by atoms with Crippen molar-refractivity contribution in [2.24, 2.45) is 11.8 Å². The standard InChI is InChI=1S/C16H24O2/c1-4-15(12-13(2)3)16(17)18-11-10-14-8-6-5-7-9-14/h5-9,13,15H,4,10-12H2,1-3H3/t15-/m0/s1. The van der Waals surface area contributed by atoms with Crippen LogP contribution in [0.1, 0.15) is 39.2 Å². The minimum absolute atomic E-state index is 0.0397. The molecule has 0 aliphatic rings. The molecule has 0 aliphatic heterocycles. The Morgan fingerprint density at radius 2 is 1.89 bits per heavy atom. The Kier molecular flexibility index (Phi) is 6.48. The molecule has 1 rings (SSSR count). The van der Waals surface area contributed by atoms with Crippen molar-refractivity contribution in [1.29, 1.82) is 0 Å². The van der Waals surface area contributed by atoms with E-state index in [0.29, 0.717) is 12.5 Å². The summed E-state index contributed by atoms with van der Waals surface area (Å²) in [6, 6.07) is 10.1. The summed E-state index contributed by atoms with van der Waals surface area (Å²) in [4.78, 5) is 11.9. The Balaban J connectivity index is 2.31. The highest BCUT2D eigenvalue weighted by atomic mass is 16.5. The summed E-state index contributed by atoms with van der Waals surface area (Å²) in [6.07, 6.45) is 2.58. The van der Waals surface area contributed by atoms with Crippen molar-refractivity contribution in [1.82, 2.24) is 0 Å². The van der Waals surface area contributed by atoms with Crippen molar-refractivity contribution in [2.45, 2.75) is 40.0 Å². The normalized spacial score (nSPS) is 12.4. The third-order valence-corrected chi connectivity index (χ3v) is 3.06. The molecule has 0 saturated carbocycles. The molecule has 0 aromatic heterocycles. The molecule has 1 atom stereocenters. The molecule has 0 saturated heterocycles. The SMILES string of the molecule is CC[C@@H](CC(C)C)C(=O)OCCc1ccccc1. The van der Waals surface area contributed by atoms with Gasteiger partial charge in [-0.05, 0) is 24.3 Å². The van der Waals surface area contributed by atoms with E-state index in [0.717, 1.165) is 19.3 Å². The smallest absolute Gasteiger partial charge is 0.308 e. The highest BCUT2D eigenvalue weighted by molar-refractivity contribution is 5.72. The molecule has 2 heteroatoms. The summed E-state index contributed by atoms with van der Waals surface area (Å²) in [6.45, 7) is 6.81. The van der Waals surface area contributed by atoms with Gasteiger partial charge in [-0.15, -0.1) is 0 Å². The Morgan fingerprint density at radius 3 is 2.44 bits per heavy atom. The molecule has 0 heterocycles. The second-order valence-electron chi connectivity index (χ2n) is 5.14. The number of benzene rings is 1. The van der Waals surface area contributed by atoms with Gasteiger partial charge in [-0.25, -0.2) is 0 Å². The monoisotopic (exact) mass is 248 g/mol. The average molecular weight is 248 g/mol. The maximum atomic E-state index is 11.9. The van der Waals surface area contributed by atoms with E-state index < -0.39 is 0 Å². The largest absolute Gasteiger partial charge is 0.465 e. The van der Waals surface area contributed by atoms with Crippen LogP contribution in [0.2, 0.25) is 0 Å². The van der Waals surface area contributed by atoms with Crippen LogP contribution >= 0.6 is 0 Å². The Labute approximate surface area is 110 Å². The van der Waals surface area contributed by atoms with Crippen LogP contribution < -0.4 is 0 Å². The topological polar surface area (TPSA) is 26.3 Å². The van der Waals surface area contributed by atoms with E-state index in [1.54, 1.807) is 0 Å². The van der Waals surface area contributed by atoms with E-state index in [9.17, 15) is 4.79 Å². The van der Waals surface area contributed by atoms with Crippen LogP contribution in [0, 0.1) is 11.8 Å². The molecule has 2 nitrogen and oxygen atoms in total. The van der Waals surface area contributed by atoms with Crippen LogP contribution in [0.15, 0.2) is 30.3 Å². The molecule has 1 aromatic carbocycles. The van der Waals surface area contributed by atoms with Crippen LogP contribution in [-0.4, -0.2) is 12.6 Å². The van der Waals surface area contributed by atoms with Gasteiger partial charge in [-0.1, -0.05) is 51.1 Å². The Morgan fingerprint density at radius 1 is 1.22 bits per heavy atom. The summed E-state index contributed by atoms with van der Waals surface area (Å²) < 4.78 is 5.36. The second-order valence-corrected chi connectivity index (χ2v) is 5.14. The van der Waals surface area contributed by atoms with Crippen LogP contribution in [0.3, 0.4) is 0 Å². The number of carbonyl (C=O) groups is 1. The van der Waals surface area contributed by atoms with Gasteiger partial charge >= 0.3 is 5.97 Å². The minimum Gasteiger partial charge on any atom is -0.465 e. The van der Waals surface area contributed by atoms with E-state index >= 15 is 0 Å². The predicted molar refractivity (Wildman–Crippen MR) is 74.3 cm³/mol. The van der Waals surface area contributed by atoms with Gasteiger partial charge in [0.05, 0.1) is 12.5 Å². The lowest BCUT2D eigenvalue weighted by molar-refractivity contribution is -0.149. The third kappa shape index (κ3) is 5.35. The average Bonchev–Trinajstić information content (AvgIpc) is 2.36. The van der Waals surface area contributed by atoms with Crippen LogP contribution in [0.5, 0.6) is 0 Å². The van der Waals surface area contributed by atoms with Gasteiger partial charge in [0.15, 0.2) is 0 Å². The maximum Gasteiger partial charge on any atom is 0.308 e. The first-order chi connectivity index (χ1) is 8.63. The second kappa shape index (κ2) is 7.91. The summed E-state index contributed by atoms with van der Waals surface area (Å²) in [5.41, 5.74) is 1.21. The van der Waals surface area contributed by atoms with Crippen molar-refractivity contribution < 1.29 is 9.53 Å². The lowest BCUT2D eigenvalue weighted by Crippen LogP contribution is -2.20. The number of hydrogen-bond donors (Lipinski definition) is 0. The Bertz CT molecular complexity index is 343. The number of ether oxygens (including phenoxy) is 1. The lowest BCUT2D eigenvalue weighted by Gasteiger charge is -2.16. The highest BCUT2D eigenvalue weighted by Crippen LogP contribution is 2.16. The first-order valence-corrected chi connectivity index (χ1v) is 6.84. The first-order valence-electron chi connectivity index (χ1n) is 6.84. The van der Waals surface area contributed by atoms with Gasteiger partial charge in [0.2, 0.25) is 0 Å². The van der Waals surface area contributed by atoms with Gasteiger partial charge in [0.25, 0.3) is 0 Å². The zero-order chi connectivity index (χ0) is 13.4. The molecule has 0 fully saturated rings. The van der Waals surface area contributed by atoms with Gasteiger partial charge in [0.1, 0.15) is 0 Å². The molecule has 18 heavy (non-hydrogen) atoms. The summed E-state index contributed by atoms with van der Waals surface area (Å²) in [7, 11) is 0. The summed E-state index contributed by atoms with van der Waals surface area (Å²) >= 11 is 0. The van der Waals surface area contributed by atoms with Crippen molar-refractivity contribution in [3.8, 4) is 0 Å². The molecule has 0 N–H and O–H groups in total. The summed E-state index contributed by atoms with van der Waals surface area (Å²) in [5.74, 6) is 0.555. The molecular formula is C16H24O2. The molecular weight excluding hydrogens is 224 g/mol. The molecule has 1 aromatic rings. The highest BCUT2D eigenvalue weighted by Gasteiger charge is 2.18. The fourth-order valence-electron chi connectivity index (χ4n) is 2.03. The number of hydrogen-bond acceptors (Lipinski definition) is 2. The van der Waals surface area contributed by atoms with E-state index in [4.69, 9.17) is 4.74 Å². The molecule has 0 aliphatic carbocycles. The number of carbonyl (C=O) groups excluding carboxylic acids is 1. The zero-order valence-corrected chi connectivity index (χ0v) is 11.7.